The van der Waals surface area contributed by atoms with Crippen molar-refractivity contribution < 1.29 is 18.8 Å². The predicted molar refractivity (Wildman–Crippen MR) is 106 cm³/mol. The van der Waals surface area contributed by atoms with Gasteiger partial charge in [0, 0.05) is 24.2 Å². The first-order valence-corrected chi connectivity index (χ1v) is 11.7. The molecule has 0 fully saturated rings. The quantitative estimate of drug-likeness (QED) is 0.417. The number of esters is 1. The van der Waals surface area contributed by atoms with Gasteiger partial charge >= 0.3 is 5.97 Å². The molecule has 144 valence electrons. The molecule has 2 aromatic heterocycles. The summed E-state index contributed by atoms with van der Waals surface area (Å²) in [5, 5.41) is -0.0254. The molecule has 0 saturated carbocycles. The van der Waals surface area contributed by atoms with Crippen LogP contribution in [-0.4, -0.2) is 30.5 Å². The van der Waals surface area contributed by atoms with Crippen molar-refractivity contribution in [1.82, 2.24) is 9.97 Å². The molecule has 6 nitrogen and oxygen atoms in total. The highest BCUT2D eigenvalue weighted by atomic mass is 28.4. The molecule has 0 aromatic carbocycles. The van der Waals surface area contributed by atoms with Crippen molar-refractivity contribution in [2.75, 3.05) is 0 Å². The molecule has 27 heavy (non-hydrogen) atoms. The SMILES string of the molecule is Cc1ncc(COC(=O)c2cccnc2)c(C=O)c1O[Si](C)(C)C(C)(C)C. The maximum atomic E-state index is 12.1. The van der Waals surface area contributed by atoms with E-state index in [1.807, 2.05) is 0 Å². The summed E-state index contributed by atoms with van der Waals surface area (Å²) >= 11 is 0. The standard InChI is InChI=1S/C20H26N2O4Si/c1-14-18(26-27(5,6)20(2,3)4)17(12-23)16(11-22-14)13-25-19(24)15-8-7-9-21-10-15/h7-12H,13H2,1-6H3. The van der Waals surface area contributed by atoms with Gasteiger partial charge in [-0.2, -0.15) is 0 Å². The average Bonchev–Trinajstić information content (AvgIpc) is 2.61. The fourth-order valence-corrected chi connectivity index (χ4v) is 3.21. The lowest BCUT2D eigenvalue weighted by Crippen LogP contribution is -2.44. The number of aryl methyl sites for hydroxylation is 1. The molecule has 0 N–H and O–H groups in total. The Morgan fingerprint density at radius 1 is 1.26 bits per heavy atom. The number of ether oxygens (including phenoxy) is 1. The molecule has 0 saturated heterocycles. The lowest BCUT2D eigenvalue weighted by molar-refractivity contribution is 0.0470. The van der Waals surface area contributed by atoms with Gasteiger partial charge in [0.25, 0.3) is 8.32 Å². The molecule has 0 radical (unpaired) electrons. The van der Waals surface area contributed by atoms with Crippen molar-refractivity contribution in [1.29, 1.82) is 0 Å². The van der Waals surface area contributed by atoms with Crippen LogP contribution in [0.4, 0.5) is 0 Å². The first-order valence-electron chi connectivity index (χ1n) is 8.76. The summed E-state index contributed by atoms with van der Waals surface area (Å²) in [4.78, 5) is 32.2. The fraction of sp³-hybridized carbons (Fsp3) is 0.400. The van der Waals surface area contributed by atoms with Crippen LogP contribution >= 0.6 is 0 Å². The number of nitrogens with zero attached hydrogens (tertiary/aromatic N) is 2. The van der Waals surface area contributed by atoms with E-state index >= 15 is 0 Å². The van der Waals surface area contributed by atoms with Crippen LogP contribution in [0.5, 0.6) is 5.75 Å². The number of rotatable bonds is 6. The number of carbonyl (C=O) groups is 2. The van der Waals surface area contributed by atoms with Gasteiger partial charge in [0.15, 0.2) is 6.29 Å². The highest BCUT2D eigenvalue weighted by molar-refractivity contribution is 6.74. The van der Waals surface area contributed by atoms with E-state index in [1.165, 1.54) is 6.20 Å². The second-order valence-corrected chi connectivity index (χ2v) is 12.6. The minimum Gasteiger partial charge on any atom is -0.542 e. The number of aromatic nitrogens is 2. The van der Waals surface area contributed by atoms with Crippen molar-refractivity contribution in [2.24, 2.45) is 0 Å². The molecule has 2 heterocycles. The van der Waals surface area contributed by atoms with Crippen molar-refractivity contribution in [2.45, 2.75) is 52.4 Å². The molecule has 0 bridgehead atoms. The maximum Gasteiger partial charge on any atom is 0.340 e. The molecule has 0 aliphatic rings. The highest BCUT2D eigenvalue weighted by Crippen LogP contribution is 2.39. The molecule has 0 spiro atoms. The summed E-state index contributed by atoms with van der Waals surface area (Å²) in [6.07, 6.45) is 5.30. The largest absolute Gasteiger partial charge is 0.542 e. The summed E-state index contributed by atoms with van der Waals surface area (Å²) in [5.74, 6) is -0.0288. The third kappa shape index (κ3) is 4.80. The monoisotopic (exact) mass is 386 g/mol. The predicted octanol–water partition coefficient (Wildman–Crippen LogP) is 4.34. The van der Waals surface area contributed by atoms with Crippen molar-refractivity contribution in [3.8, 4) is 5.75 Å². The second-order valence-electron chi connectivity index (χ2n) is 7.91. The lowest BCUT2D eigenvalue weighted by Gasteiger charge is -2.37. The summed E-state index contributed by atoms with van der Waals surface area (Å²) in [7, 11) is -2.16. The molecular weight excluding hydrogens is 360 g/mol. The molecule has 0 amide bonds. The first kappa shape index (κ1) is 20.8. The Kier molecular flexibility index (Phi) is 6.15. The molecule has 0 unspecified atom stereocenters. The molecule has 0 aliphatic carbocycles. The van der Waals surface area contributed by atoms with Gasteiger partial charge in [-0.1, -0.05) is 20.8 Å². The van der Waals surface area contributed by atoms with Crippen molar-refractivity contribution in [3.63, 3.8) is 0 Å². The number of aldehydes is 1. The molecule has 0 aliphatic heterocycles. The Balaban J connectivity index is 2.28. The normalized spacial score (nSPS) is 11.8. The Hall–Kier alpha value is -2.54. The van der Waals surface area contributed by atoms with E-state index < -0.39 is 14.3 Å². The minimum atomic E-state index is -2.16. The lowest BCUT2D eigenvalue weighted by atomic mass is 10.1. The minimum absolute atomic E-state index is 0.0254. The van der Waals surface area contributed by atoms with Crippen LogP contribution in [0, 0.1) is 6.92 Å². The number of pyridine rings is 2. The van der Waals surface area contributed by atoms with Crippen LogP contribution in [-0.2, 0) is 11.3 Å². The zero-order chi connectivity index (χ0) is 20.2. The van der Waals surface area contributed by atoms with Gasteiger partial charge in [-0.25, -0.2) is 4.79 Å². The van der Waals surface area contributed by atoms with E-state index in [0.29, 0.717) is 28.1 Å². The van der Waals surface area contributed by atoms with E-state index in [-0.39, 0.29) is 11.6 Å². The van der Waals surface area contributed by atoms with Gasteiger partial charge in [-0.15, -0.1) is 0 Å². The Morgan fingerprint density at radius 2 is 1.96 bits per heavy atom. The molecule has 0 atom stereocenters. The molecule has 7 heteroatoms. The van der Waals surface area contributed by atoms with Crippen LogP contribution in [0.15, 0.2) is 30.7 Å². The van der Waals surface area contributed by atoms with E-state index in [4.69, 9.17) is 9.16 Å². The van der Waals surface area contributed by atoms with Gasteiger partial charge in [0.2, 0.25) is 0 Å². The van der Waals surface area contributed by atoms with Crippen LogP contribution in [0.1, 0.15) is 52.7 Å². The van der Waals surface area contributed by atoms with Crippen molar-refractivity contribution >= 4 is 20.6 Å². The first-order chi connectivity index (χ1) is 12.6. The zero-order valence-corrected chi connectivity index (χ0v) is 17.7. The van der Waals surface area contributed by atoms with Crippen LogP contribution in [0.25, 0.3) is 0 Å². The summed E-state index contributed by atoms with van der Waals surface area (Å²) in [6.45, 7) is 12.3. The molecule has 2 rings (SSSR count). The zero-order valence-electron chi connectivity index (χ0n) is 16.7. The van der Waals surface area contributed by atoms with Gasteiger partial charge in [0.05, 0.1) is 16.8 Å². The Bertz CT molecular complexity index is 830. The summed E-state index contributed by atoms with van der Waals surface area (Å²) in [5.41, 5.74) is 1.89. The van der Waals surface area contributed by atoms with E-state index in [9.17, 15) is 9.59 Å². The van der Waals surface area contributed by atoms with Crippen LogP contribution in [0.2, 0.25) is 18.1 Å². The van der Waals surface area contributed by atoms with Gasteiger partial charge in [0.1, 0.15) is 12.4 Å². The number of hydrogen-bond donors (Lipinski definition) is 0. The van der Waals surface area contributed by atoms with Gasteiger partial charge in [-0.3, -0.25) is 14.8 Å². The van der Waals surface area contributed by atoms with Crippen LogP contribution < -0.4 is 4.43 Å². The smallest absolute Gasteiger partial charge is 0.340 e. The highest BCUT2D eigenvalue weighted by Gasteiger charge is 2.40. The summed E-state index contributed by atoms with van der Waals surface area (Å²) < 4.78 is 11.7. The number of hydrogen-bond acceptors (Lipinski definition) is 6. The van der Waals surface area contributed by atoms with E-state index in [2.05, 4.69) is 43.8 Å². The second kappa shape index (κ2) is 8.00. The van der Waals surface area contributed by atoms with E-state index in [0.717, 1.165) is 6.29 Å². The Labute approximate surface area is 161 Å². The third-order valence-corrected chi connectivity index (χ3v) is 9.20. The van der Waals surface area contributed by atoms with Gasteiger partial charge in [-0.05, 0) is 37.2 Å². The average molecular weight is 387 g/mol. The Morgan fingerprint density at radius 3 is 2.52 bits per heavy atom. The molecular formula is C20H26N2O4Si. The topological polar surface area (TPSA) is 78.4 Å². The third-order valence-electron chi connectivity index (χ3n) is 4.87. The van der Waals surface area contributed by atoms with Crippen molar-refractivity contribution in [3.05, 3.63) is 53.1 Å². The van der Waals surface area contributed by atoms with Gasteiger partial charge < -0.3 is 9.16 Å². The van der Waals surface area contributed by atoms with Crippen LogP contribution in [0.3, 0.4) is 0 Å². The number of carbonyl (C=O) groups excluding carboxylic acids is 2. The molecule has 2 aromatic rings. The summed E-state index contributed by atoms with van der Waals surface area (Å²) in [6, 6.07) is 3.28. The van der Waals surface area contributed by atoms with E-state index in [1.54, 1.807) is 31.5 Å². The maximum absolute atomic E-state index is 12.1. The fourth-order valence-electron chi connectivity index (χ4n) is 2.14.